The smallest absolute Gasteiger partial charge is 0.159 e. The van der Waals surface area contributed by atoms with Gasteiger partial charge in [-0.1, -0.05) is 12.1 Å². The lowest BCUT2D eigenvalue weighted by atomic mass is 10.1. The van der Waals surface area contributed by atoms with E-state index in [2.05, 4.69) is 61.6 Å². The highest BCUT2D eigenvalue weighted by Gasteiger charge is 2.16. The van der Waals surface area contributed by atoms with Crippen LogP contribution in [0.5, 0.6) is 0 Å². The summed E-state index contributed by atoms with van der Waals surface area (Å²) in [6.07, 6.45) is 5.37. The Morgan fingerprint density at radius 2 is 2.00 bits per heavy atom. The number of aromatic amines is 3. The second-order valence-electron chi connectivity index (χ2n) is 6.87. The van der Waals surface area contributed by atoms with Gasteiger partial charge < -0.3 is 4.98 Å². The molecule has 0 aliphatic carbocycles. The molecule has 0 aliphatic heterocycles. The Balaban J connectivity index is 1.53. The summed E-state index contributed by atoms with van der Waals surface area (Å²) in [5, 5.41) is 15.4. The topological polar surface area (TPSA) is 98.9 Å². The van der Waals surface area contributed by atoms with Gasteiger partial charge in [0, 0.05) is 32.5 Å². The molecular formula is C21H15N7S. The molecule has 8 heteroatoms. The molecule has 29 heavy (non-hydrogen) atoms. The molecule has 0 saturated carbocycles. The molecule has 3 N–H and O–H groups in total. The van der Waals surface area contributed by atoms with Gasteiger partial charge in [0.15, 0.2) is 5.82 Å². The van der Waals surface area contributed by atoms with Crippen LogP contribution >= 0.6 is 11.3 Å². The minimum absolute atomic E-state index is 0.733. The van der Waals surface area contributed by atoms with Crippen molar-refractivity contribution in [3.05, 3.63) is 59.9 Å². The zero-order valence-electron chi connectivity index (χ0n) is 15.4. The molecule has 5 heterocycles. The first-order valence-corrected chi connectivity index (χ1v) is 9.97. The van der Waals surface area contributed by atoms with Gasteiger partial charge in [0.1, 0.15) is 5.69 Å². The van der Waals surface area contributed by atoms with Crippen LogP contribution in [-0.2, 0) is 0 Å². The van der Waals surface area contributed by atoms with Crippen molar-refractivity contribution in [2.45, 2.75) is 6.92 Å². The summed E-state index contributed by atoms with van der Waals surface area (Å²) in [7, 11) is 0. The predicted octanol–water partition coefficient (Wildman–Crippen LogP) is 4.93. The summed E-state index contributed by atoms with van der Waals surface area (Å²) >= 11 is 1.77. The molecule has 0 bridgehead atoms. The van der Waals surface area contributed by atoms with Crippen molar-refractivity contribution in [1.29, 1.82) is 0 Å². The quantitative estimate of drug-likeness (QED) is 0.394. The Morgan fingerprint density at radius 3 is 2.83 bits per heavy atom. The lowest BCUT2D eigenvalue weighted by Crippen LogP contribution is -1.84. The van der Waals surface area contributed by atoms with Crippen LogP contribution in [0.3, 0.4) is 0 Å². The summed E-state index contributed by atoms with van der Waals surface area (Å²) in [5.74, 6) is 0.733. The third-order valence-electron chi connectivity index (χ3n) is 4.98. The van der Waals surface area contributed by atoms with Gasteiger partial charge >= 0.3 is 0 Å². The molecular weight excluding hydrogens is 382 g/mol. The van der Waals surface area contributed by atoms with E-state index in [0.29, 0.717) is 0 Å². The van der Waals surface area contributed by atoms with E-state index in [4.69, 9.17) is 4.98 Å². The largest absolute Gasteiger partial charge is 0.337 e. The highest BCUT2D eigenvalue weighted by molar-refractivity contribution is 7.15. The monoisotopic (exact) mass is 397 g/mol. The Hall–Kier alpha value is -3.78. The maximum absolute atomic E-state index is 4.91. The number of rotatable bonds is 3. The lowest BCUT2D eigenvalue weighted by Gasteiger charge is -1.98. The van der Waals surface area contributed by atoms with E-state index in [1.807, 2.05) is 18.3 Å². The summed E-state index contributed by atoms with van der Waals surface area (Å²) in [4.78, 5) is 15.3. The number of pyridine rings is 1. The molecule has 140 valence electrons. The number of nitrogens with zero attached hydrogens (tertiary/aromatic N) is 4. The van der Waals surface area contributed by atoms with Crippen LogP contribution in [0.1, 0.15) is 4.88 Å². The fourth-order valence-electron chi connectivity index (χ4n) is 3.57. The van der Waals surface area contributed by atoms with Crippen LogP contribution in [0, 0.1) is 6.92 Å². The number of thiophene rings is 1. The van der Waals surface area contributed by atoms with E-state index >= 15 is 0 Å². The molecule has 0 radical (unpaired) electrons. The maximum atomic E-state index is 4.91. The van der Waals surface area contributed by atoms with E-state index < -0.39 is 0 Å². The van der Waals surface area contributed by atoms with Gasteiger partial charge in [-0.2, -0.15) is 10.2 Å². The Morgan fingerprint density at radius 1 is 1.03 bits per heavy atom. The van der Waals surface area contributed by atoms with Gasteiger partial charge in [0.2, 0.25) is 0 Å². The van der Waals surface area contributed by atoms with Crippen LogP contribution in [0.2, 0.25) is 0 Å². The molecule has 0 atom stereocenters. The minimum Gasteiger partial charge on any atom is -0.337 e. The van der Waals surface area contributed by atoms with Crippen LogP contribution in [-0.4, -0.2) is 35.3 Å². The third kappa shape index (κ3) is 2.57. The number of benzene rings is 1. The van der Waals surface area contributed by atoms with Crippen molar-refractivity contribution in [2.75, 3.05) is 0 Å². The zero-order chi connectivity index (χ0) is 19.4. The molecule has 0 spiro atoms. The van der Waals surface area contributed by atoms with Crippen molar-refractivity contribution in [2.24, 2.45) is 0 Å². The zero-order valence-corrected chi connectivity index (χ0v) is 16.2. The lowest BCUT2D eigenvalue weighted by molar-refractivity contribution is 1.09. The number of aromatic nitrogens is 7. The van der Waals surface area contributed by atoms with Gasteiger partial charge in [-0.3, -0.25) is 15.2 Å². The standard InChI is InChI=1S/C21H15N7S/c1-11-5-6-18(29-11)13-3-2-4-15-19(13)26-21(25-15)20-14-7-16(12-8-23-24-9-12)22-10-17(14)27-28-20/h2-10H,1H3,(H,23,24)(H,25,26)(H,27,28). The second kappa shape index (κ2) is 6.11. The Kier molecular flexibility index (Phi) is 3.41. The number of fused-ring (bicyclic) bond motifs is 2. The van der Waals surface area contributed by atoms with Crippen molar-refractivity contribution in [1.82, 2.24) is 35.3 Å². The summed E-state index contributed by atoms with van der Waals surface area (Å²) in [5.41, 5.74) is 6.47. The molecule has 0 amide bonds. The number of para-hydroxylation sites is 1. The normalized spacial score (nSPS) is 11.6. The van der Waals surface area contributed by atoms with Crippen molar-refractivity contribution < 1.29 is 0 Å². The molecule has 7 nitrogen and oxygen atoms in total. The van der Waals surface area contributed by atoms with E-state index in [0.717, 1.165) is 50.3 Å². The van der Waals surface area contributed by atoms with Gasteiger partial charge in [-0.15, -0.1) is 11.3 Å². The van der Waals surface area contributed by atoms with E-state index in [9.17, 15) is 0 Å². The number of imidazole rings is 1. The SMILES string of the molecule is Cc1ccc(-c2cccc3[nH]c(-c4n[nH]c5cnc(-c6cn[nH]c6)cc45)nc23)s1. The fraction of sp³-hybridized carbons (Fsp3) is 0.0476. The van der Waals surface area contributed by atoms with Crippen LogP contribution in [0.15, 0.2) is 55.0 Å². The average molecular weight is 397 g/mol. The van der Waals surface area contributed by atoms with Crippen LogP contribution in [0.25, 0.3) is 55.2 Å². The number of nitrogens with one attached hydrogen (secondary N) is 3. The fourth-order valence-corrected chi connectivity index (χ4v) is 4.46. The van der Waals surface area contributed by atoms with E-state index in [1.54, 1.807) is 23.7 Å². The average Bonchev–Trinajstić information content (AvgIpc) is 3.51. The first-order valence-electron chi connectivity index (χ1n) is 9.15. The molecule has 1 aromatic carbocycles. The molecule has 0 saturated heterocycles. The van der Waals surface area contributed by atoms with Gasteiger partial charge in [-0.25, -0.2) is 4.98 Å². The third-order valence-corrected chi connectivity index (χ3v) is 6.02. The van der Waals surface area contributed by atoms with Crippen LogP contribution < -0.4 is 0 Å². The first-order chi connectivity index (χ1) is 14.3. The first kappa shape index (κ1) is 16.2. The van der Waals surface area contributed by atoms with Crippen LogP contribution in [0.4, 0.5) is 0 Å². The van der Waals surface area contributed by atoms with Gasteiger partial charge in [0.25, 0.3) is 0 Å². The molecule has 0 unspecified atom stereocenters. The highest BCUT2D eigenvalue weighted by Crippen LogP contribution is 2.35. The highest BCUT2D eigenvalue weighted by atomic mass is 32.1. The molecule has 0 aliphatic rings. The summed E-state index contributed by atoms with van der Waals surface area (Å²) < 4.78 is 0. The summed E-state index contributed by atoms with van der Waals surface area (Å²) in [6, 6.07) is 12.5. The Bertz CT molecular complexity index is 1470. The van der Waals surface area contributed by atoms with Crippen molar-refractivity contribution >= 4 is 33.3 Å². The molecule has 5 aromatic heterocycles. The molecule has 6 rings (SSSR count). The second-order valence-corrected chi connectivity index (χ2v) is 8.16. The maximum Gasteiger partial charge on any atom is 0.159 e. The number of hydrogen-bond donors (Lipinski definition) is 3. The predicted molar refractivity (Wildman–Crippen MR) is 115 cm³/mol. The number of aryl methyl sites for hydroxylation is 1. The molecule has 6 aromatic rings. The minimum atomic E-state index is 0.733. The van der Waals surface area contributed by atoms with E-state index in [-0.39, 0.29) is 0 Å². The van der Waals surface area contributed by atoms with Gasteiger partial charge in [0.05, 0.1) is 34.6 Å². The Labute approximate surface area is 168 Å². The summed E-state index contributed by atoms with van der Waals surface area (Å²) in [6.45, 7) is 2.12. The van der Waals surface area contributed by atoms with Crippen molar-refractivity contribution in [3.63, 3.8) is 0 Å². The number of hydrogen-bond acceptors (Lipinski definition) is 5. The van der Waals surface area contributed by atoms with Crippen molar-refractivity contribution in [3.8, 4) is 33.2 Å². The molecule has 0 fully saturated rings. The van der Waals surface area contributed by atoms with E-state index in [1.165, 1.54) is 9.75 Å². The number of H-pyrrole nitrogens is 3. The van der Waals surface area contributed by atoms with Gasteiger partial charge in [-0.05, 0) is 31.2 Å².